The lowest BCUT2D eigenvalue weighted by Crippen LogP contribution is -2.38. The van der Waals surface area contributed by atoms with Gasteiger partial charge in [0, 0.05) is 13.2 Å². The molecule has 3 aliphatic carbocycles. The highest BCUT2D eigenvalue weighted by molar-refractivity contribution is 4.93. The molecule has 0 aromatic heterocycles. The maximum absolute atomic E-state index is 5.43. The van der Waals surface area contributed by atoms with Crippen molar-refractivity contribution in [3.05, 3.63) is 0 Å². The molecule has 1 N–H and O–H groups in total. The van der Waals surface area contributed by atoms with Crippen LogP contribution in [-0.2, 0) is 4.74 Å². The van der Waals surface area contributed by atoms with Crippen LogP contribution in [0.25, 0.3) is 0 Å². The molecule has 0 atom stereocenters. The first-order valence-corrected chi connectivity index (χ1v) is 7.63. The zero-order valence-corrected chi connectivity index (χ0v) is 11.2. The van der Waals surface area contributed by atoms with Gasteiger partial charge in [0.1, 0.15) is 0 Å². The van der Waals surface area contributed by atoms with E-state index in [0.29, 0.717) is 6.10 Å². The van der Waals surface area contributed by atoms with Gasteiger partial charge in [-0.05, 0) is 75.7 Å². The van der Waals surface area contributed by atoms with Crippen LogP contribution in [0.3, 0.4) is 0 Å². The summed E-state index contributed by atoms with van der Waals surface area (Å²) in [6, 6.07) is 0.779. The Morgan fingerprint density at radius 3 is 2.00 bits per heavy atom. The minimum absolute atomic E-state index is 0.538. The Bertz CT molecular complexity index is 227. The fourth-order valence-electron chi connectivity index (χ4n) is 3.57. The highest BCUT2D eigenvalue weighted by Gasteiger charge is 2.41. The molecule has 0 spiro atoms. The van der Waals surface area contributed by atoms with Crippen LogP contribution in [-0.4, -0.2) is 25.8 Å². The third-order valence-electron chi connectivity index (χ3n) is 5.10. The quantitative estimate of drug-likeness (QED) is 0.767. The molecule has 0 aromatic carbocycles. The van der Waals surface area contributed by atoms with E-state index in [-0.39, 0.29) is 0 Å². The summed E-state index contributed by atoms with van der Waals surface area (Å²) in [6.45, 7) is 1.30. The molecule has 0 heterocycles. The van der Waals surface area contributed by atoms with E-state index < -0.39 is 0 Å². The average molecular weight is 237 g/mol. The van der Waals surface area contributed by atoms with Gasteiger partial charge in [-0.2, -0.15) is 0 Å². The topological polar surface area (TPSA) is 21.3 Å². The Labute approximate surface area is 105 Å². The first-order chi connectivity index (χ1) is 8.36. The van der Waals surface area contributed by atoms with Crippen LogP contribution in [0.15, 0.2) is 0 Å². The van der Waals surface area contributed by atoms with Gasteiger partial charge in [0.25, 0.3) is 0 Å². The summed E-state index contributed by atoms with van der Waals surface area (Å²) in [5, 5.41) is 3.85. The molecule has 2 heteroatoms. The number of hydrogen-bond acceptors (Lipinski definition) is 2. The van der Waals surface area contributed by atoms with E-state index in [0.717, 1.165) is 23.8 Å². The predicted molar refractivity (Wildman–Crippen MR) is 70.0 cm³/mol. The fourth-order valence-corrected chi connectivity index (χ4v) is 3.57. The van der Waals surface area contributed by atoms with Crippen molar-refractivity contribution in [1.29, 1.82) is 0 Å². The normalized spacial score (nSPS) is 34.2. The summed E-state index contributed by atoms with van der Waals surface area (Å²) < 4.78 is 5.43. The summed E-state index contributed by atoms with van der Waals surface area (Å²) in [4.78, 5) is 0. The van der Waals surface area contributed by atoms with Gasteiger partial charge in [-0.25, -0.2) is 0 Å². The number of methoxy groups -OCH3 is 1. The minimum Gasteiger partial charge on any atom is -0.381 e. The lowest BCUT2D eigenvalue weighted by atomic mass is 9.91. The summed E-state index contributed by atoms with van der Waals surface area (Å²) in [5.41, 5.74) is 0. The van der Waals surface area contributed by atoms with Crippen LogP contribution >= 0.6 is 0 Å². The molecular weight excluding hydrogens is 210 g/mol. The molecule has 2 nitrogen and oxygen atoms in total. The number of rotatable bonds is 6. The van der Waals surface area contributed by atoms with Crippen LogP contribution in [0.4, 0.5) is 0 Å². The zero-order chi connectivity index (χ0) is 11.7. The molecule has 3 fully saturated rings. The van der Waals surface area contributed by atoms with Crippen molar-refractivity contribution < 1.29 is 4.74 Å². The number of ether oxygens (including phenoxy) is 1. The standard InChI is InChI=1S/C15H27NO/c1-17-14-8-6-13(7-9-14)16-10-15(11-2-3-11)12-4-5-12/h11-16H,2-10H2,1H3. The molecule has 0 bridgehead atoms. The average Bonchev–Trinajstić information content (AvgIpc) is 3.24. The highest BCUT2D eigenvalue weighted by Crippen LogP contribution is 2.48. The van der Waals surface area contributed by atoms with Crippen molar-refractivity contribution in [2.75, 3.05) is 13.7 Å². The SMILES string of the molecule is COC1CCC(NCC(C2CC2)C2CC2)CC1. The zero-order valence-electron chi connectivity index (χ0n) is 11.2. The molecule has 0 radical (unpaired) electrons. The molecule has 3 saturated carbocycles. The molecular formula is C15H27NO. The van der Waals surface area contributed by atoms with E-state index in [9.17, 15) is 0 Å². The lowest BCUT2D eigenvalue weighted by Gasteiger charge is -2.30. The van der Waals surface area contributed by atoms with Gasteiger partial charge in [-0.15, -0.1) is 0 Å². The second kappa shape index (κ2) is 5.27. The van der Waals surface area contributed by atoms with Gasteiger partial charge >= 0.3 is 0 Å². The van der Waals surface area contributed by atoms with E-state index >= 15 is 0 Å². The van der Waals surface area contributed by atoms with Crippen molar-refractivity contribution >= 4 is 0 Å². The molecule has 3 aliphatic rings. The highest BCUT2D eigenvalue weighted by atomic mass is 16.5. The van der Waals surface area contributed by atoms with Gasteiger partial charge in [-0.3, -0.25) is 0 Å². The lowest BCUT2D eigenvalue weighted by molar-refractivity contribution is 0.0618. The first-order valence-electron chi connectivity index (χ1n) is 7.63. The third-order valence-corrected chi connectivity index (χ3v) is 5.10. The largest absolute Gasteiger partial charge is 0.381 e. The summed E-state index contributed by atoms with van der Waals surface area (Å²) in [6.07, 6.45) is 11.7. The van der Waals surface area contributed by atoms with E-state index in [2.05, 4.69) is 5.32 Å². The summed E-state index contributed by atoms with van der Waals surface area (Å²) >= 11 is 0. The maximum atomic E-state index is 5.43. The van der Waals surface area contributed by atoms with Gasteiger partial charge < -0.3 is 10.1 Å². The summed E-state index contributed by atoms with van der Waals surface area (Å²) in [5.74, 6) is 3.20. The van der Waals surface area contributed by atoms with Gasteiger partial charge in [-0.1, -0.05) is 0 Å². The molecule has 0 amide bonds. The van der Waals surface area contributed by atoms with Gasteiger partial charge in [0.2, 0.25) is 0 Å². The second-order valence-corrected chi connectivity index (χ2v) is 6.46. The summed E-state index contributed by atoms with van der Waals surface area (Å²) in [7, 11) is 1.86. The van der Waals surface area contributed by atoms with Crippen LogP contribution in [0, 0.1) is 17.8 Å². The predicted octanol–water partition coefficient (Wildman–Crippen LogP) is 2.97. The van der Waals surface area contributed by atoms with Crippen molar-refractivity contribution in [2.24, 2.45) is 17.8 Å². The monoisotopic (exact) mass is 237 g/mol. The molecule has 0 unspecified atom stereocenters. The number of nitrogens with one attached hydrogen (secondary N) is 1. The van der Waals surface area contributed by atoms with Gasteiger partial charge in [0.05, 0.1) is 6.10 Å². The molecule has 98 valence electrons. The molecule has 0 aromatic rings. The Morgan fingerprint density at radius 1 is 0.941 bits per heavy atom. The van der Waals surface area contributed by atoms with E-state index in [1.807, 2.05) is 7.11 Å². The molecule has 0 aliphatic heterocycles. The van der Waals surface area contributed by atoms with Crippen LogP contribution in [0.1, 0.15) is 51.4 Å². The third kappa shape index (κ3) is 3.23. The molecule has 3 rings (SSSR count). The van der Waals surface area contributed by atoms with Crippen LogP contribution in [0.5, 0.6) is 0 Å². The molecule has 17 heavy (non-hydrogen) atoms. The Kier molecular flexibility index (Phi) is 3.72. The smallest absolute Gasteiger partial charge is 0.0572 e. The molecule has 0 saturated heterocycles. The minimum atomic E-state index is 0.538. The van der Waals surface area contributed by atoms with E-state index in [4.69, 9.17) is 4.74 Å². The van der Waals surface area contributed by atoms with E-state index in [1.54, 1.807) is 0 Å². The first kappa shape index (κ1) is 12.0. The van der Waals surface area contributed by atoms with Gasteiger partial charge in [0.15, 0.2) is 0 Å². The Hall–Kier alpha value is -0.0800. The second-order valence-electron chi connectivity index (χ2n) is 6.46. The van der Waals surface area contributed by atoms with Crippen molar-refractivity contribution in [1.82, 2.24) is 5.32 Å². The van der Waals surface area contributed by atoms with E-state index in [1.165, 1.54) is 57.9 Å². The number of hydrogen-bond donors (Lipinski definition) is 1. The van der Waals surface area contributed by atoms with Crippen molar-refractivity contribution in [3.8, 4) is 0 Å². The Morgan fingerprint density at radius 2 is 1.53 bits per heavy atom. The van der Waals surface area contributed by atoms with Crippen molar-refractivity contribution in [3.63, 3.8) is 0 Å². The Balaban J connectivity index is 1.38. The fraction of sp³-hybridized carbons (Fsp3) is 1.00. The van der Waals surface area contributed by atoms with Crippen molar-refractivity contribution in [2.45, 2.75) is 63.5 Å². The van der Waals surface area contributed by atoms with Crippen LogP contribution < -0.4 is 5.32 Å². The van der Waals surface area contributed by atoms with Crippen LogP contribution in [0.2, 0.25) is 0 Å². The maximum Gasteiger partial charge on any atom is 0.0572 e.